The van der Waals surface area contributed by atoms with E-state index in [1.807, 2.05) is 78.9 Å². The number of aliphatic hydroxyl groups is 1. The van der Waals surface area contributed by atoms with Crippen LogP contribution < -0.4 is 20.8 Å². The molecule has 5 aromatic rings. The number of anilines is 1. The number of hydrogen-bond donors (Lipinski definition) is 3. The van der Waals surface area contributed by atoms with Crippen molar-refractivity contribution in [2.45, 2.75) is 30.5 Å². The van der Waals surface area contributed by atoms with E-state index in [1.165, 1.54) is 6.33 Å². The molecular weight excluding hydrogens is 538 g/mol. The zero-order chi connectivity index (χ0) is 29.3. The van der Waals surface area contributed by atoms with Gasteiger partial charge in [0.05, 0.1) is 33.3 Å². The maximum absolute atomic E-state index is 12.3. The molecule has 1 aliphatic heterocycles. The van der Waals surface area contributed by atoms with Gasteiger partial charge in [0.2, 0.25) is 5.95 Å². The molecule has 11 nitrogen and oxygen atoms in total. The lowest BCUT2D eigenvalue weighted by Gasteiger charge is -2.37. The fraction of sp³-hybridized carbons (Fsp3) is 0.258. The van der Waals surface area contributed by atoms with Gasteiger partial charge in [0.25, 0.3) is 5.56 Å². The number of ether oxygens (including phenoxy) is 4. The highest BCUT2D eigenvalue weighted by Gasteiger charge is 2.42. The molecule has 6 rings (SSSR count). The van der Waals surface area contributed by atoms with E-state index < -0.39 is 29.6 Å². The largest absolute Gasteiger partial charge is 0.497 e. The van der Waals surface area contributed by atoms with Crippen molar-refractivity contribution in [3.8, 4) is 11.5 Å². The predicted molar refractivity (Wildman–Crippen MR) is 155 cm³/mol. The summed E-state index contributed by atoms with van der Waals surface area (Å²) in [6.07, 6.45) is -0.452. The molecule has 1 aliphatic rings. The molecule has 2 aromatic heterocycles. The molecule has 0 spiro atoms. The molecular formula is C31H31N5O6. The van der Waals surface area contributed by atoms with E-state index in [9.17, 15) is 9.90 Å². The van der Waals surface area contributed by atoms with Crippen LogP contribution in [0.15, 0.2) is 90.0 Å². The molecule has 0 aliphatic carbocycles. The van der Waals surface area contributed by atoms with Crippen molar-refractivity contribution >= 4 is 17.1 Å². The SMILES string of the molecule is COc1ccc(C(OC[C@H]2O[C@H](n3cnc4c(=O)[nH]c(N)nc43)C[C@@H]2O)(c2ccccc2)c2ccc(OC)cc2)cc1. The number of aromatic amines is 1. The second-order valence-corrected chi connectivity index (χ2v) is 10.0. The maximum atomic E-state index is 12.3. The zero-order valence-electron chi connectivity index (χ0n) is 23.1. The first-order chi connectivity index (χ1) is 20.4. The summed E-state index contributed by atoms with van der Waals surface area (Å²) in [5, 5.41) is 11.1. The molecule has 0 amide bonds. The van der Waals surface area contributed by atoms with Gasteiger partial charge < -0.3 is 29.8 Å². The number of nitrogen functional groups attached to an aromatic ring is 1. The van der Waals surface area contributed by atoms with E-state index in [4.69, 9.17) is 24.7 Å². The lowest BCUT2D eigenvalue weighted by molar-refractivity contribution is -0.0931. The van der Waals surface area contributed by atoms with Crippen LogP contribution in [0.3, 0.4) is 0 Å². The van der Waals surface area contributed by atoms with Gasteiger partial charge in [0.1, 0.15) is 29.4 Å². The minimum Gasteiger partial charge on any atom is -0.497 e. The Morgan fingerprint density at radius 2 is 1.57 bits per heavy atom. The Hall–Kier alpha value is -4.71. The van der Waals surface area contributed by atoms with Crippen molar-refractivity contribution in [3.63, 3.8) is 0 Å². The number of aromatic nitrogens is 4. The molecule has 1 saturated heterocycles. The maximum Gasteiger partial charge on any atom is 0.280 e. The number of benzene rings is 3. The van der Waals surface area contributed by atoms with Crippen LogP contribution in [0.5, 0.6) is 11.5 Å². The Kier molecular flexibility index (Phi) is 7.38. The van der Waals surface area contributed by atoms with Crippen LogP contribution in [0.4, 0.5) is 5.95 Å². The van der Waals surface area contributed by atoms with E-state index in [-0.39, 0.29) is 30.1 Å². The summed E-state index contributed by atoms with van der Waals surface area (Å²) in [6.45, 7) is 0.0490. The fourth-order valence-electron chi connectivity index (χ4n) is 5.47. The van der Waals surface area contributed by atoms with Crippen molar-refractivity contribution in [2.24, 2.45) is 0 Å². The molecule has 0 bridgehead atoms. The molecule has 0 saturated carbocycles. The molecule has 1 fully saturated rings. The Bertz CT molecular complexity index is 1670. The minimum atomic E-state index is -1.06. The van der Waals surface area contributed by atoms with Gasteiger partial charge in [-0.25, -0.2) is 4.98 Å². The Morgan fingerprint density at radius 3 is 2.17 bits per heavy atom. The van der Waals surface area contributed by atoms with Gasteiger partial charge in [0.15, 0.2) is 11.2 Å². The number of methoxy groups -OCH3 is 2. The number of nitrogens with two attached hydrogens (primary N) is 1. The van der Waals surface area contributed by atoms with Crippen molar-refractivity contribution in [1.82, 2.24) is 19.5 Å². The summed E-state index contributed by atoms with van der Waals surface area (Å²) in [5.74, 6) is 1.40. The topological polar surface area (TPSA) is 147 Å². The normalized spacial score (nSPS) is 18.8. The van der Waals surface area contributed by atoms with E-state index in [0.717, 1.165) is 16.7 Å². The zero-order valence-corrected chi connectivity index (χ0v) is 23.1. The second-order valence-electron chi connectivity index (χ2n) is 10.0. The molecule has 3 aromatic carbocycles. The van der Waals surface area contributed by atoms with Gasteiger partial charge in [-0.05, 0) is 41.0 Å². The average Bonchev–Trinajstić information content (AvgIpc) is 3.61. The van der Waals surface area contributed by atoms with Crippen LogP contribution in [-0.2, 0) is 15.1 Å². The molecule has 0 unspecified atom stereocenters. The number of aliphatic hydroxyl groups excluding tert-OH is 1. The van der Waals surface area contributed by atoms with Gasteiger partial charge in [-0.15, -0.1) is 0 Å². The van der Waals surface area contributed by atoms with E-state index in [2.05, 4.69) is 15.0 Å². The highest BCUT2D eigenvalue weighted by molar-refractivity contribution is 5.70. The van der Waals surface area contributed by atoms with Crippen LogP contribution >= 0.6 is 0 Å². The highest BCUT2D eigenvalue weighted by Crippen LogP contribution is 2.43. The van der Waals surface area contributed by atoms with Crippen molar-refractivity contribution in [1.29, 1.82) is 0 Å². The molecule has 3 heterocycles. The number of fused-ring (bicyclic) bond motifs is 1. The van der Waals surface area contributed by atoms with E-state index in [0.29, 0.717) is 11.5 Å². The number of nitrogens with zero attached hydrogens (tertiary/aromatic N) is 3. The summed E-state index contributed by atoms with van der Waals surface area (Å²) < 4.78 is 25.6. The quantitative estimate of drug-likeness (QED) is 0.227. The van der Waals surface area contributed by atoms with Gasteiger partial charge in [-0.1, -0.05) is 54.6 Å². The summed E-state index contributed by atoms with van der Waals surface area (Å²) in [7, 11) is 3.25. The predicted octanol–water partition coefficient (Wildman–Crippen LogP) is 3.38. The standard InChI is InChI=1S/C31H31N5O6/c1-39-22-12-8-20(9-13-22)31(19-6-4-3-5-7-19,21-10-14-23(40-2)15-11-21)41-17-25-24(37)16-26(42-25)36-18-33-27-28(36)34-30(32)35-29(27)38/h3-15,18,24-26,37H,16-17H2,1-2H3,(H3,32,34,35,38)/t24-,25+,26-/m0/s1. The number of nitrogens with one attached hydrogen (secondary N) is 1. The monoisotopic (exact) mass is 569 g/mol. The Morgan fingerprint density at radius 1 is 0.976 bits per heavy atom. The first-order valence-corrected chi connectivity index (χ1v) is 13.5. The molecule has 4 N–H and O–H groups in total. The molecule has 216 valence electrons. The summed E-state index contributed by atoms with van der Waals surface area (Å²) >= 11 is 0. The lowest BCUT2D eigenvalue weighted by Crippen LogP contribution is -2.38. The number of H-pyrrole nitrogens is 1. The first kappa shape index (κ1) is 27.5. The summed E-state index contributed by atoms with van der Waals surface area (Å²) in [4.78, 5) is 23.1. The third-order valence-electron chi connectivity index (χ3n) is 7.60. The first-order valence-electron chi connectivity index (χ1n) is 13.5. The van der Waals surface area contributed by atoms with Crippen molar-refractivity contribution in [2.75, 3.05) is 26.6 Å². The second kappa shape index (κ2) is 11.3. The van der Waals surface area contributed by atoms with E-state index >= 15 is 0 Å². The number of rotatable bonds is 9. The van der Waals surface area contributed by atoms with Gasteiger partial charge in [-0.3, -0.25) is 14.3 Å². The molecule has 42 heavy (non-hydrogen) atoms. The van der Waals surface area contributed by atoms with Gasteiger partial charge in [-0.2, -0.15) is 4.98 Å². The van der Waals surface area contributed by atoms with Crippen LogP contribution in [0.2, 0.25) is 0 Å². The van der Waals surface area contributed by atoms with Crippen LogP contribution in [0, 0.1) is 0 Å². The van der Waals surface area contributed by atoms with Crippen LogP contribution in [0.1, 0.15) is 29.3 Å². The smallest absolute Gasteiger partial charge is 0.280 e. The number of imidazole rings is 1. The molecule has 11 heteroatoms. The minimum absolute atomic E-state index is 0.0284. The lowest BCUT2D eigenvalue weighted by atomic mass is 9.80. The fourth-order valence-corrected chi connectivity index (χ4v) is 5.47. The van der Waals surface area contributed by atoms with E-state index in [1.54, 1.807) is 18.8 Å². The van der Waals surface area contributed by atoms with Crippen molar-refractivity contribution in [3.05, 3.63) is 112 Å². The average molecular weight is 570 g/mol. The van der Waals surface area contributed by atoms with Crippen molar-refractivity contribution < 1.29 is 24.1 Å². The summed E-state index contributed by atoms with van der Waals surface area (Å²) in [6, 6.07) is 25.3. The third kappa shape index (κ3) is 4.87. The molecule has 0 radical (unpaired) electrons. The van der Waals surface area contributed by atoms with Gasteiger partial charge in [0, 0.05) is 6.42 Å². The third-order valence-corrected chi connectivity index (χ3v) is 7.60. The Labute approximate surface area is 241 Å². The number of hydrogen-bond acceptors (Lipinski definition) is 9. The molecule has 3 atom stereocenters. The summed E-state index contributed by atoms with van der Waals surface area (Å²) in [5.41, 5.74) is 7.31. The van der Waals surface area contributed by atoms with Gasteiger partial charge >= 0.3 is 0 Å². The van der Waals surface area contributed by atoms with Crippen LogP contribution in [0.25, 0.3) is 11.2 Å². The van der Waals surface area contributed by atoms with Crippen LogP contribution in [-0.4, -0.2) is 57.7 Å². The Balaban J connectivity index is 1.37. The highest BCUT2D eigenvalue weighted by atomic mass is 16.6.